The first-order valence-corrected chi connectivity index (χ1v) is 2.19. The van der Waals surface area contributed by atoms with Gasteiger partial charge in [-0.25, -0.2) is 0 Å². The lowest BCUT2D eigenvalue weighted by atomic mass is 10.5. The Morgan fingerprint density at radius 3 is 2.40 bits per heavy atom. The van der Waals surface area contributed by atoms with E-state index in [4.69, 9.17) is 6.58 Å². The molecule has 0 saturated heterocycles. The lowest BCUT2D eigenvalue weighted by Gasteiger charge is -1.72. The summed E-state index contributed by atoms with van der Waals surface area (Å²) in [6, 6.07) is 0. The fourth-order valence-corrected chi connectivity index (χ4v) is 0.224. The highest BCUT2D eigenvalue weighted by Gasteiger charge is 1.62. The van der Waals surface area contributed by atoms with E-state index in [9.17, 15) is 0 Å². The van der Waals surface area contributed by atoms with Crippen molar-refractivity contribution in [3.8, 4) is 0 Å². The topological polar surface area (TPSA) is 0 Å². The van der Waals surface area contributed by atoms with Crippen LogP contribution in [0.15, 0.2) is 6.08 Å². The van der Waals surface area contributed by atoms with Crippen LogP contribution < -0.4 is 0 Å². The molecule has 0 amide bonds. The predicted molar refractivity (Wildman–Crippen MR) is 27.3 cm³/mol. The Morgan fingerprint density at radius 2 is 2.40 bits per heavy atom. The first kappa shape index (κ1) is 5.09. The second kappa shape index (κ2) is 4.09. The summed E-state index contributed by atoms with van der Waals surface area (Å²) in [6.45, 7) is 4.97. The number of hydrogen-bond acceptors (Lipinski definition) is 1. The van der Waals surface area contributed by atoms with Crippen molar-refractivity contribution in [1.82, 2.24) is 0 Å². The molecule has 0 N–H and O–H groups in total. The minimum absolute atomic E-state index is 0.858. The van der Waals surface area contributed by atoms with Crippen LogP contribution in [-0.2, 0) is 0 Å². The molecule has 0 unspecified atom stereocenters. The molecule has 0 heterocycles. The third-order valence-corrected chi connectivity index (χ3v) is 0.554. The Kier molecular flexibility index (Phi) is 4.16. The maximum Gasteiger partial charge on any atom is -0.00632 e. The molecule has 0 aromatic rings. The summed E-state index contributed by atoms with van der Waals surface area (Å²) in [4.78, 5) is 0. The van der Waals surface area contributed by atoms with Gasteiger partial charge in [0.15, 0.2) is 0 Å². The van der Waals surface area contributed by atoms with Gasteiger partial charge in [-0.1, -0.05) is 12.7 Å². The Bertz CT molecular complexity index is 24.8. The SMILES string of the molecule is [CH]=CCCS. The fraction of sp³-hybridized carbons (Fsp3) is 0.500. The minimum Gasteiger partial charge on any atom is -0.179 e. The largest absolute Gasteiger partial charge is 0.179 e. The second-order valence-electron chi connectivity index (χ2n) is 0.748. The van der Waals surface area contributed by atoms with Gasteiger partial charge in [-0.15, -0.1) is 0 Å². The lowest BCUT2D eigenvalue weighted by molar-refractivity contribution is 1.26. The zero-order valence-electron chi connectivity index (χ0n) is 3.02. The van der Waals surface area contributed by atoms with Crippen molar-refractivity contribution in [3.05, 3.63) is 12.7 Å². The van der Waals surface area contributed by atoms with Crippen LogP contribution in [0, 0.1) is 6.58 Å². The van der Waals surface area contributed by atoms with Crippen molar-refractivity contribution in [3.63, 3.8) is 0 Å². The molecule has 0 spiro atoms. The molecular formula is C4H7S. The number of thiol groups is 1. The van der Waals surface area contributed by atoms with E-state index in [1.807, 2.05) is 0 Å². The summed E-state index contributed by atoms with van der Waals surface area (Å²) < 4.78 is 0. The molecule has 0 aliphatic heterocycles. The van der Waals surface area contributed by atoms with E-state index >= 15 is 0 Å². The van der Waals surface area contributed by atoms with Crippen LogP contribution in [0.1, 0.15) is 6.42 Å². The van der Waals surface area contributed by atoms with Crippen LogP contribution in [0.5, 0.6) is 0 Å². The molecule has 0 fully saturated rings. The van der Waals surface area contributed by atoms with Crippen molar-refractivity contribution in [2.45, 2.75) is 6.42 Å². The summed E-state index contributed by atoms with van der Waals surface area (Å²) in [5, 5.41) is 0. The zero-order valence-corrected chi connectivity index (χ0v) is 3.91. The van der Waals surface area contributed by atoms with Crippen LogP contribution >= 0.6 is 12.6 Å². The van der Waals surface area contributed by atoms with Gasteiger partial charge >= 0.3 is 0 Å². The minimum atomic E-state index is 0.858. The van der Waals surface area contributed by atoms with Crippen molar-refractivity contribution >= 4 is 12.6 Å². The molecule has 0 atom stereocenters. The van der Waals surface area contributed by atoms with Gasteiger partial charge in [0.25, 0.3) is 0 Å². The van der Waals surface area contributed by atoms with Gasteiger partial charge < -0.3 is 0 Å². The molecule has 0 aromatic heterocycles. The monoisotopic (exact) mass is 87.0 g/mol. The molecule has 1 heteroatoms. The average molecular weight is 87.2 g/mol. The van der Waals surface area contributed by atoms with Crippen molar-refractivity contribution in [2.75, 3.05) is 5.75 Å². The van der Waals surface area contributed by atoms with E-state index in [-0.39, 0.29) is 0 Å². The number of allylic oxidation sites excluding steroid dienone is 1. The van der Waals surface area contributed by atoms with Gasteiger partial charge in [-0.05, 0) is 12.2 Å². The quantitative estimate of drug-likeness (QED) is 0.482. The van der Waals surface area contributed by atoms with E-state index < -0.39 is 0 Å². The summed E-state index contributed by atoms with van der Waals surface area (Å²) in [6.07, 6.45) is 2.51. The molecule has 0 bridgehead atoms. The molecule has 0 aliphatic carbocycles. The zero-order chi connectivity index (χ0) is 4.12. The molecule has 0 nitrogen and oxygen atoms in total. The van der Waals surface area contributed by atoms with Crippen LogP contribution in [0.2, 0.25) is 0 Å². The molecular weight excluding hydrogens is 80.1 g/mol. The van der Waals surface area contributed by atoms with Gasteiger partial charge in [0.05, 0.1) is 0 Å². The van der Waals surface area contributed by atoms with Gasteiger partial charge in [0.1, 0.15) is 0 Å². The van der Waals surface area contributed by atoms with Gasteiger partial charge in [-0.3, -0.25) is 0 Å². The van der Waals surface area contributed by atoms with Crippen molar-refractivity contribution in [2.24, 2.45) is 0 Å². The van der Waals surface area contributed by atoms with Crippen LogP contribution in [0.3, 0.4) is 0 Å². The van der Waals surface area contributed by atoms with Crippen LogP contribution in [-0.4, -0.2) is 5.75 Å². The normalized spacial score (nSPS) is 7.40. The first-order valence-electron chi connectivity index (χ1n) is 1.56. The number of rotatable bonds is 2. The smallest absolute Gasteiger partial charge is 0.00632 e. The van der Waals surface area contributed by atoms with Crippen molar-refractivity contribution in [1.29, 1.82) is 0 Å². The van der Waals surface area contributed by atoms with Gasteiger partial charge in [-0.2, -0.15) is 12.6 Å². The highest BCUT2D eigenvalue weighted by molar-refractivity contribution is 7.80. The summed E-state index contributed by atoms with van der Waals surface area (Å²) in [7, 11) is 0. The summed E-state index contributed by atoms with van der Waals surface area (Å²) in [5.74, 6) is 0.858. The highest BCUT2D eigenvalue weighted by atomic mass is 32.1. The number of hydrogen-bond donors (Lipinski definition) is 1. The molecule has 1 radical (unpaired) electrons. The second-order valence-corrected chi connectivity index (χ2v) is 1.20. The predicted octanol–water partition coefficient (Wildman–Crippen LogP) is 1.30. The summed E-state index contributed by atoms with van der Waals surface area (Å²) >= 11 is 3.89. The lowest BCUT2D eigenvalue weighted by Crippen LogP contribution is -1.60. The van der Waals surface area contributed by atoms with Crippen LogP contribution in [0.4, 0.5) is 0 Å². The Hall–Kier alpha value is 0.0900. The van der Waals surface area contributed by atoms with E-state index in [2.05, 4.69) is 12.6 Å². The third-order valence-electron chi connectivity index (χ3n) is 0.296. The first-order chi connectivity index (χ1) is 2.41. The molecule has 0 aliphatic rings. The van der Waals surface area contributed by atoms with E-state index in [1.165, 1.54) is 0 Å². The van der Waals surface area contributed by atoms with Crippen LogP contribution in [0.25, 0.3) is 0 Å². The standard InChI is InChI=1S/C4H7S/c1-2-3-4-5/h1-2,5H,3-4H2. The van der Waals surface area contributed by atoms with E-state index in [0.717, 1.165) is 12.2 Å². The Morgan fingerprint density at radius 1 is 1.80 bits per heavy atom. The maximum atomic E-state index is 4.97. The third kappa shape index (κ3) is 4.09. The highest BCUT2D eigenvalue weighted by Crippen LogP contribution is 1.79. The van der Waals surface area contributed by atoms with Crippen molar-refractivity contribution < 1.29 is 0 Å². The Labute approximate surface area is 38.3 Å². The molecule has 5 heavy (non-hydrogen) atoms. The van der Waals surface area contributed by atoms with E-state index in [1.54, 1.807) is 6.08 Å². The molecule has 29 valence electrons. The molecule has 0 saturated carbocycles. The average Bonchev–Trinajstić information content (AvgIpc) is 1.41. The van der Waals surface area contributed by atoms with E-state index in [0.29, 0.717) is 0 Å². The van der Waals surface area contributed by atoms with Gasteiger partial charge in [0, 0.05) is 0 Å². The molecule has 0 aromatic carbocycles. The maximum absolute atomic E-state index is 4.97. The van der Waals surface area contributed by atoms with Gasteiger partial charge in [0.2, 0.25) is 0 Å². The molecule has 0 rings (SSSR count). The fourth-order valence-electron chi connectivity index (χ4n) is 0.0745. The Balaban J connectivity index is 2.40. The summed E-state index contributed by atoms with van der Waals surface area (Å²) in [5.41, 5.74) is 0.